The second-order valence-electron chi connectivity index (χ2n) is 7.13. The van der Waals surface area contributed by atoms with Gasteiger partial charge in [-0.1, -0.05) is 0 Å². The summed E-state index contributed by atoms with van der Waals surface area (Å²) in [5, 5.41) is 13.2. The van der Waals surface area contributed by atoms with E-state index in [9.17, 15) is 9.90 Å². The van der Waals surface area contributed by atoms with Crippen molar-refractivity contribution < 1.29 is 24.1 Å². The van der Waals surface area contributed by atoms with Crippen LogP contribution in [0.4, 0.5) is 4.79 Å². The number of nitrogens with zero attached hydrogens (tertiary/aromatic N) is 1. The summed E-state index contributed by atoms with van der Waals surface area (Å²) in [5.41, 5.74) is -0.909. The number of nitrogens with one attached hydrogen (secondary N) is 1. The minimum atomic E-state index is -0.497. The molecule has 0 radical (unpaired) electrons. The molecule has 0 atom stereocenters. The van der Waals surface area contributed by atoms with E-state index >= 15 is 0 Å². The first-order valence-electron chi connectivity index (χ1n) is 8.82. The van der Waals surface area contributed by atoms with Crippen molar-refractivity contribution in [3.05, 3.63) is 0 Å². The van der Waals surface area contributed by atoms with Crippen molar-refractivity contribution in [1.82, 2.24) is 10.2 Å². The maximum absolute atomic E-state index is 12.1. The molecule has 0 saturated carbocycles. The third-order valence-electron chi connectivity index (χ3n) is 4.02. The molecule has 1 aliphatic heterocycles. The molecule has 0 unspecified atom stereocenters. The summed E-state index contributed by atoms with van der Waals surface area (Å²) in [6.45, 7) is 12.2. The van der Waals surface area contributed by atoms with Gasteiger partial charge >= 0.3 is 6.09 Å². The Bertz CT molecular complexity index is 370. The van der Waals surface area contributed by atoms with Crippen LogP contribution in [0.15, 0.2) is 0 Å². The SMILES string of the molecule is CCOC(CNC1(CO)CCN(C(=O)OC(C)(C)C)CC1)OCC. The van der Waals surface area contributed by atoms with Crippen LogP contribution in [0.25, 0.3) is 0 Å². The Morgan fingerprint density at radius 2 is 1.75 bits per heavy atom. The largest absolute Gasteiger partial charge is 0.444 e. The number of rotatable bonds is 8. The van der Waals surface area contributed by atoms with Crippen LogP contribution >= 0.6 is 0 Å². The molecule has 24 heavy (non-hydrogen) atoms. The van der Waals surface area contributed by atoms with Crippen molar-refractivity contribution in [1.29, 1.82) is 0 Å². The Kier molecular flexibility index (Phi) is 8.42. The van der Waals surface area contributed by atoms with Gasteiger partial charge in [0, 0.05) is 38.4 Å². The van der Waals surface area contributed by atoms with E-state index in [0.717, 1.165) is 0 Å². The number of ether oxygens (including phenoxy) is 3. The second kappa shape index (κ2) is 9.56. The average molecular weight is 346 g/mol. The van der Waals surface area contributed by atoms with E-state index in [0.29, 0.717) is 45.7 Å². The van der Waals surface area contributed by atoms with Crippen LogP contribution in [-0.4, -0.2) is 73.0 Å². The van der Waals surface area contributed by atoms with Gasteiger partial charge in [0.15, 0.2) is 6.29 Å². The predicted molar refractivity (Wildman–Crippen MR) is 91.9 cm³/mol. The van der Waals surface area contributed by atoms with Crippen LogP contribution in [0.2, 0.25) is 0 Å². The molecule has 0 aromatic rings. The smallest absolute Gasteiger partial charge is 0.410 e. The number of piperidine rings is 1. The van der Waals surface area contributed by atoms with Gasteiger partial charge in [-0.15, -0.1) is 0 Å². The number of likely N-dealkylation sites (tertiary alicyclic amines) is 1. The number of aliphatic hydroxyl groups excluding tert-OH is 1. The van der Waals surface area contributed by atoms with E-state index in [1.54, 1.807) is 4.90 Å². The van der Waals surface area contributed by atoms with Crippen LogP contribution < -0.4 is 5.32 Å². The molecule has 1 saturated heterocycles. The average Bonchev–Trinajstić information content (AvgIpc) is 2.52. The van der Waals surface area contributed by atoms with Crippen molar-refractivity contribution in [2.45, 2.75) is 64.9 Å². The highest BCUT2D eigenvalue weighted by molar-refractivity contribution is 5.68. The molecule has 1 amide bonds. The van der Waals surface area contributed by atoms with E-state index in [1.165, 1.54) is 0 Å². The van der Waals surface area contributed by atoms with Gasteiger partial charge in [0.05, 0.1) is 6.61 Å². The molecule has 7 nitrogen and oxygen atoms in total. The van der Waals surface area contributed by atoms with Crippen molar-refractivity contribution in [3.8, 4) is 0 Å². The fourth-order valence-corrected chi connectivity index (χ4v) is 2.67. The fraction of sp³-hybridized carbons (Fsp3) is 0.941. The third kappa shape index (κ3) is 6.93. The Labute approximate surface area is 145 Å². The number of hydrogen-bond acceptors (Lipinski definition) is 6. The van der Waals surface area contributed by atoms with Gasteiger partial charge in [0.2, 0.25) is 0 Å². The number of aliphatic hydroxyl groups is 1. The fourth-order valence-electron chi connectivity index (χ4n) is 2.67. The summed E-state index contributed by atoms with van der Waals surface area (Å²) in [4.78, 5) is 13.8. The number of amides is 1. The molecule has 0 aliphatic carbocycles. The maximum atomic E-state index is 12.1. The zero-order chi connectivity index (χ0) is 18.2. The molecule has 1 fully saturated rings. The molecule has 0 aromatic carbocycles. The van der Waals surface area contributed by atoms with E-state index in [-0.39, 0.29) is 19.0 Å². The molecular formula is C17H34N2O5. The van der Waals surface area contributed by atoms with Crippen molar-refractivity contribution in [2.75, 3.05) is 39.5 Å². The summed E-state index contributed by atoms with van der Waals surface area (Å²) in [7, 11) is 0. The lowest BCUT2D eigenvalue weighted by molar-refractivity contribution is -0.137. The lowest BCUT2D eigenvalue weighted by atomic mass is 9.88. The zero-order valence-electron chi connectivity index (χ0n) is 15.8. The van der Waals surface area contributed by atoms with Crippen LogP contribution in [0.1, 0.15) is 47.5 Å². The summed E-state index contributed by atoms with van der Waals surface area (Å²) in [6, 6.07) is 0. The van der Waals surface area contributed by atoms with Crippen LogP contribution in [-0.2, 0) is 14.2 Å². The molecule has 1 aliphatic rings. The van der Waals surface area contributed by atoms with Gasteiger partial charge in [0.1, 0.15) is 5.60 Å². The zero-order valence-corrected chi connectivity index (χ0v) is 15.8. The Morgan fingerprint density at radius 1 is 1.21 bits per heavy atom. The van der Waals surface area contributed by atoms with Crippen LogP contribution in [0.5, 0.6) is 0 Å². The maximum Gasteiger partial charge on any atom is 0.410 e. The Hall–Kier alpha value is -0.890. The summed E-state index contributed by atoms with van der Waals surface area (Å²) in [6.07, 6.45) is 0.699. The molecule has 142 valence electrons. The van der Waals surface area contributed by atoms with Crippen molar-refractivity contribution in [3.63, 3.8) is 0 Å². The lowest BCUT2D eigenvalue weighted by Crippen LogP contribution is -2.58. The first-order valence-corrected chi connectivity index (χ1v) is 8.82. The minimum absolute atomic E-state index is 0.0140. The number of hydrogen-bond donors (Lipinski definition) is 2. The molecule has 1 rings (SSSR count). The van der Waals surface area contributed by atoms with Gasteiger partial charge in [-0.25, -0.2) is 4.79 Å². The highest BCUT2D eigenvalue weighted by Crippen LogP contribution is 2.23. The quantitative estimate of drug-likeness (QED) is 0.652. The highest BCUT2D eigenvalue weighted by atomic mass is 16.7. The molecule has 0 spiro atoms. The van der Waals surface area contributed by atoms with Crippen molar-refractivity contribution >= 4 is 6.09 Å². The van der Waals surface area contributed by atoms with Gasteiger partial charge in [-0.2, -0.15) is 0 Å². The van der Waals surface area contributed by atoms with Crippen LogP contribution in [0, 0.1) is 0 Å². The first-order chi connectivity index (χ1) is 11.2. The van der Waals surface area contributed by atoms with E-state index in [1.807, 2.05) is 34.6 Å². The summed E-state index contributed by atoms with van der Waals surface area (Å²) < 4.78 is 16.5. The standard InChI is InChI=1S/C17H34N2O5/c1-6-22-14(23-7-2)12-18-17(13-20)8-10-19(11-9-17)15(21)24-16(3,4)5/h14,18,20H,6-13H2,1-5H3. The Balaban J connectivity index is 2.52. The van der Waals surface area contributed by atoms with E-state index in [4.69, 9.17) is 14.2 Å². The third-order valence-corrected chi connectivity index (χ3v) is 4.02. The molecule has 7 heteroatoms. The summed E-state index contributed by atoms with van der Waals surface area (Å²) >= 11 is 0. The number of carbonyl (C=O) groups is 1. The normalized spacial score (nSPS) is 18.0. The molecule has 2 N–H and O–H groups in total. The minimum Gasteiger partial charge on any atom is -0.444 e. The molecule has 0 aromatic heterocycles. The van der Waals surface area contributed by atoms with Crippen molar-refractivity contribution in [2.24, 2.45) is 0 Å². The van der Waals surface area contributed by atoms with E-state index in [2.05, 4.69) is 5.32 Å². The Morgan fingerprint density at radius 3 is 2.17 bits per heavy atom. The van der Waals surface area contributed by atoms with Gasteiger partial charge in [-0.05, 0) is 47.5 Å². The van der Waals surface area contributed by atoms with Crippen LogP contribution in [0.3, 0.4) is 0 Å². The topological polar surface area (TPSA) is 80.3 Å². The van der Waals surface area contributed by atoms with Gasteiger partial charge in [-0.3, -0.25) is 0 Å². The monoisotopic (exact) mass is 346 g/mol. The summed E-state index contributed by atoms with van der Waals surface area (Å²) in [5.74, 6) is 0. The molecule has 0 bridgehead atoms. The highest BCUT2D eigenvalue weighted by Gasteiger charge is 2.36. The predicted octanol–water partition coefficient (Wildman–Crippen LogP) is 1.74. The second-order valence-corrected chi connectivity index (χ2v) is 7.13. The van der Waals surface area contributed by atoms with Gasteiger partial charge < -0.3 is 29.5 Å². The molecule has 1 heterocycles. The lowest BCUT2D eigenvalue weighted by Gasteiger charge is -2.42. The van der Waals surface area contributed by atoms with Gasteiger partial charge in [0.25, 0.3) is 0 Å². The van der Waals surface area contributed by atoms with E-state index < -0.39 is 11.1 Å². The number of carbonyl (C=O) groups excluding carboxylic acids is 1. The molecular weight excluding hydrogens is 312 g/mol. The first kappa shape index (κ1) is 21.2.